The number of carbonyl (C=O) groups excluding carboxylic acids is 1. The molecule has 1 unspecified atom stereocenters. The van der Waals surface area contributed by atoms with Crippen molar-refractivity contribution >= 4 is 37.9 Å². The van der Waals surface area contributed by atoms with Crippen LogP contribution in [0.4, 0.5) is 50.3 Å². The molecule has 0 bridgehead atoms. The van der Waals surface area contributed by atoms with E-state index in [1.165, 1.54) is 0 Å². The van der Waals surface area contributed by atoms with Crippen molar-refractivity contribution in [3.8, 4) is 0 Å². The van der Waals surface area contributed by atoms with Crippen molar-refractivity contribution in [3.63, 3.8) is 0 Å². The Morgan fingerprint density at radius 2 is 1.60 bits per heavy atom. The number of aromatic nitrogens is 1. The molecule has 20 heteroatoms. The van der Waals surface area contributed by atoms with Gasteiger partial charge < -0.3 is 0 Å². The molecule has 0 spiro atoms. The summed E-state index contributed by atoms with van der Waals surface area (Å²) in [6, 6.07) is 3.16. The van der Waals surface area contributed by atoms with Crippen molar-refractivity contribution in [1.82, 2.24) is 4.98 Å². The number of halogens is 9. The lowest BCUT2D eigenvalue weighted by molar-refractivity contribution is -0.384. The summed E-state index contributed by atoms with van der Waals surface area (Å²) in [6.07, 6.45) is -5.98. The smallest absolute Gasteiger partial charge is 0.296 e. The predicted molar refractivity (Wildman–Crippen MR) is 94.0 cm³/mol. The zero-order chi connectivity index (χ0) is 26.8. The molecule has 0 radical (unpaired) electrons. The minimum Gasteiger partial charge on any atom is -0.296 e. The summed E-state index contributed by atoms with van der Waals surface area (Å²) in [4.78, 5) is 24.1. The van der Waals surface area contributed by atoms with Gasteiger partial charge in [-0.05, 0) is 12.1 Å². The van der Waals surface area contributed by atoms with Gasteiger partial charge in [0.25, 0.3) is 5.69 Å². The quantitative estimate of drug-likeness (QED) is 0.322. The number of nitro groups is 1. The molecule has 2 heterocycles. The van der Waals surface area contributed by atoms with Crippen molar-refractivity contribution < 1.29 is 62.4 Å². The molecule has 1 N–H and O–H groups in total. The molecule has 1 saturated heterocycles. The zero-order valence-electron chi connectivity index (χ0n) is 15.9. The van der Waals surface area contributed by atoms with Gasteiger partial charge in [-0.25, -0.2) is 13.4 Å². The lowest BCUT2D eigenvalue weighted by Gasteiger charge is -2.31. The SMILES string of the molecule is O=C(Nc1ncc(S(=O)(=O)c2ccc([N+](=O)[O-])cc2)s1)C(F)(F)C1(F)OC(F)(F)C(F)(F)C1(F)F. The molecule has 0 aliphatic carbocycles. The van der Waals surface area contributed by atoms with E-state index in [1.807, 2.05) is 0 Å². The van der Waals surface area contributed by atoms with E-state index in [9.17, 15) is 62.8 Å². The van der Waals surface area contributed by atoms with E-state index in [0.717, 1.165) is 29.6 Å². The highest BCUT2D eigenvalue weighted by Gasteiger charge is 2.96. The molecule has 2 aromatic rings. The monoisotopic (exact) mass is 559 g/mol. The fourth-order valence-electron chi connectivity index (χ4n) is 2.58. The van der Waals surface area contributed by atoms with Crippen LogP contribution >= 0.6 is 11.3 Å². The normalized spacial score (nSPS) is 23.1. The van der Waals surface area contributed by atoms with Gasteiger partial charge in [-0.3, -0.25) is 25.0 Å². The molecule has 1 aromatic heterocycles. The molecule has 1 aliphatic heterocycles. The van der Waals surface area contributed by atoms with Gasteiger partial charge in [-0.1, -0.05) is 11.3 Å². The van der Waals surface area contributed by atoms with Crippen LogP contribution in [0.15, 0.2) is 39.6 Å². The molecule has 0 saturated carbocycles. The number of hydrogen-bond acceptors (Lipinski definition) is 8. The maximum absolute atomic E-state index is 14.2. The number of nitrogens with zero attached hydrogens (tertiary/aromatic N) is 2. The van der Waals surface area contributed by atoms with E-state index in [-0.39, 0.29) is 11.3 Å². The summed E-state index contributed by atoms with van der Waals surface area (Å²) in [5.41, 5.74) is -0.495. The topological polar surface area (TPSA) is 128 Å². The Kier molecular flexibility index (Phi) is 5.89. The van der Waals surface area contributed by atoms with Gasteiger partial charge in [0.2, 0.25) is 9.84 Å². The summed E-state index contributed by atoms with van der Waals surface area (Å²) in [7, 11) is -4.53. The molecular formula is C15H6F9N3O6S2. The van der Waals surface area contributed by atoms with Gasteiger partial charge >= 0.3 is 35.6 Å². The van der Waals surface area contributed by atoms with Crippen molar-refractivity contribution in [2.45, 2.75) is 38.8 Å². The van der Waals surface area contributed by atoms with Gasteiger partial charge in [-0.2, -0.15) is 39.5 Å². The number of thiazole rings is 1. The number of benzene rings is 1. The van der Waals surface area contributed by atoms with Crippen molar-refractivity contribution in [2.75, 3.05) is 5.32 Å². The summed E-state index contributed by atoms with van der Waals surface area (Å²) in [5.74, 6) is -29.7. The number of sulfone groups is 1. The van der Waals surface area contributed by atoms with Crippen LogP contribution in [0.1, 0.15) is 0 Å². The second-order valence-corrected chi connectivity index (χ2v) is 9.84. The number of ether oxygens (including phenoxy) is 1. The first-order valence-electron chi connectivity index (χ1n) is 8.39. The summed E-state index contributed by atoms with van der Waals surface area (Å²) < 4.78 is 148. The van der Waals surface area contributed by atoms with E-state index in [1.54, 1.807) is 0 Å². The van der Waals surface area contributed by atoms with Gasteiger partial charge in [0.15, 0.2) is 5.13 Å². The third-order valence-electron chi connectivity index (χ3n) is 4.45. The minimum absolute atomic E-state index is 0.115. The summed E-state index contributed by atoms with van der Waals surface area (Å²) in [6.45, 7) is 0. The van der Waals surface area contributed by atoms with E-state index in [2.05, 4.69) is 9.72 Å². The number of amides is 1. The lowest BCUT2D eigenvalue weighted by Crippen LogP contribution is -2.63. The standard InChI is InChI=1S/C15H6F9N3O6S2/c16-11(17,14(22)12(18,19)13(20,21)15(23,24)33-14)9(28)26-10-25-5-8(34-10)35(31,32)7-3-1-6(2-4-7)27(29)30/h1-5H,(H,25,26,28). The second kappa shape index (κ2) is 7.75. The zero-order valence-corrected chi connectivity index (χ0v) is 17.6. The predicted octanol–water partition coefficient (Wildman–Crippen LogP) is 4.02. The number of non-ortho nitro benzene ring substituents is 1. The lowest BCUT2D eigenvalue weighted by atomic mass is 9.99. The number of rotatable bonds is 6. The summed E-state index contributed by atoms with van der Waals surface area (Å²) in [5, 5.41) is 10.5. The Morgan fingerprint density at radius 3 is 2.06 bits per heavy atom. The number of carbonyl (C=O) groups is 1. The van der Waals surface area contributed by atoms with Crippen molar-refractivity contribution in [1.29, 1.82) is 0 Å². The molecule has 35 heavy (non-hydrogen) atoms. The van der Waals surface area contributed by atoms with Crippen LogP contribution in [0.25, 0.3) is 0 Å². The highest BCUT2D eigenvalue weighted by Crippen LogP contribution is 2.64. The molecule has 9 nitrogen and oxygen atoms in total. The van der Waals surface area contributed by atoms with E-state index < -0.39 is 70.3 Å². The van der Waals surface area contributed by atoms with E-state index in [4.69, 9.17) is 0 Å². The fourth-order valence-corrected chi connectivity index (χ4v) is 5.00. The van der Waals surface area contributed by atoms with E-state index >= 15 is 0 Å². The minimum atomic E-state index is -6.89. The first kappa shape index (κ1) is 26.6. The van der Waals surface area contributed by atoms with Gasteiger partial charge in [-0.15, -0.1) is 0 Å². The number of nitrogens with one attached hydrogen (secondary N) is 1. The average molecular weight is 559 g/mol. The van der Waals surface area contributed by atoms with Crippen LogP contribution < -0.4 is 5.32 Å². The molecule has 3 rings (SSSR count). The third-order valence-corrected chi connectivity index (χ3v) is 7.59. The number of alkyl halides is 9. The van der Waals surface area contributed by atoms with Gasteiger partial charge in [0.05, 0.1) is 16.0 Å². The number of anilines is 1. The highest BCUT2D eigenvalue weighted by molar-refractivity contribution is 7.93. The Hall–Kier alpha value is -3.00. The Bertz CT molecular complexity index is 1300. The Labute approximate surface area is 190 Å². The maximum Gasteiger partial charge on any atom is 0.428 e. The van der Waals surface area contributed by atoms with Crippen LogP contribution in [-0.2, 0) is 19.4 Å². The third kappa shape index (κ3) is 3.69. The number of nitro benzene ring substituents is 1. The first-order valence-corrected chi connectivity index (χ1v) is 10.7. The summed E-state index contributed by atoms with van der Waals surface area (Å²) >= 11 is -0.115. The highest BCUT2D eigenvalue weighted by atomic mass is 32.2. The molecule has 192 valence electrons. The largest absolute Gasteiger partial charge is 0.428 e. The average Bonchev–Trinajstić information content (AvgIpc) is 3.25. The Balaban J connectivity index is 1.88. The van der Waals surface area contributed by atoms with Gasteiger partial charge in [0.1, 0.15) is 4.21 Å². The molecule has 1 amide bonds. The maximum atomic E-state index is 14.2. The first-order chi connectivity index (χ1) is 15.7. The Morgan fingerprint density at radius 1 is 1.06 bits per heavy atom. The van der Waals surface area contributed by atoms with Crippen LogP contribution in [0.5, 0.6) is 0 Å². The van der Waals surface area contributed by atoms with Crippen LogP contribution in [-0.4, -0.2) is 54.0 Å². The molecule has 1 fully saturated rings. The van der Waals surface area contributed by atoms with Crippen LogP contribution in [0.2, 0.25) is 0 Å². The number of hydrogen-bond donors (Lipinski definition) is 1. The van der Waals surface area contributed by atoms with Crippen molar-refractivity contribution in [2.24, 2.45) is 0 Å². The fraction of sp³-hybridized carbons (Fsp3) is 0.333. The van der Waals surface area contributed by atoms with E-state index in [0.29, 0.717) is 6.20 Å². The van der Waals surface area contributed by atoms with Crippen LogP contribution in [0.3, 0.4) is 0 Å². The van der Waals surface area contributed by atoms with Crippen LogP contribution in [0, 0.1) is 10.1 Å². The molecule has 1 aliphatic rings. The molecule has 1 aromatic carbocycles. The molecule has 1 atom stereocenters. The van der Waals surface area contributed by atoms with Gasteiger partial charge in [0, 0.05) is 12.1 Å². The van der Waals surface area contributed by atoms with Crippen molar-refractivity contribution in [3.05, 3.63) is 40.6 Å². The second-order valence-electron chi connectivity index (χ2n) is 6.63. The molecular weight excluding hydrogens is 553 g/mol.